The molecule has 128 valence electrons. The fourth-order valence-corrected chi connectivity index (χ4v) is 1.83. The van der Waals surface area contributed by atoms with E-state index in [1.807, 2.05) is 20.8 Å². The smallest absolute Gasteiger partial charge is 0.232 e. The van der Waals surface area contributed by atoms with Crippen molar-refractivity contribution in [1.29, 1.82) is 0 Å². The van der Waals surface area contributed by atoms with Crippen LogP contribution in [-0.4, -0.2) is 29.7 Å². The van der Waals surface area contributed by atoms with Gasteiger partial charge in [-0.1, -0.05) is 52.6 Å². The van der Waals surface area contributed by atoms with E-state index in [1.54, 1.807) is 7.05 Å². The van der Waals surface area contributed by atoms with Crippen LogP contribution in [-0.2, 0) is 12.0 Å². The normalized spacial score (nSPS) is 12.2. The third-order valence-electron chi connectivity index (χ3n) is 3.46. The van der Waals surface area contributed by atoms with Crippen molar-refractivity contribution in [3.05, 3.63) is 11.7 Å². The van der Waals surface area contributed by atoms with Gasteiger partial charge in [0.15, 0.2) is 11.8 Å². The standard InChI is InChI=1S/C15H29N5O.HI/c1-7-11(8-2)9-17-14(16-6)18-10-12-19-13(21-20-12)15(3,4)5;/h11H,7-10H2,1-6H3,(H2,16,17,18);1H. The van der Waals surface area contributed by atoms with Crippen LogP contribution >= 0.6 is 24.0 Å². The summed E-state index contributed by atoms with van der Waals surface area (Å²) >= 11 is 0. The highest BCUT2D eigenvalue weighted by molar-refractivity contribution is 14.0. The van der Waals surface area contributed by atoms with E-state index >= 15 is 0 Å². The minimum Gasteiger partial charge on any atom is -0.356 e. The second-order valence-corrected chi connectivity index (χ2v) is 6.25. The van der Waals surface area contributed by atoms with Gasteiger partial charge < -0.3 is 15.2 Å². The number of halogens is 1. The molecule has 0 saturated heterocycles. The third kappa shape index (κ3) is 6.93. The van der Waals surface area contributed by atoms with Gasteiger partial charge in [0, 0.05) is 19.0 Å². The molecular formula is C15H30IN5O. The van der Waals surface area contributed by atoms with Gasteiger partial charge in [-0.05, 0) is 5.92 Å². The van der Waals surface area contributed by atoms with Crippen LogP contribution in [0, 0.1) is 5.92 Å². The predicted molar refractivity (Wildman–Crippen MR) is 101 cm³/mol. The summed E-state index contributed by atoms with van der Waals surface area (Å²) in [6.45, 7) is 12.0. The molecule has 1 rings (SSSR count). The second kappa shape index (κ2) is 10.0. The Hall–Kier alpha value is -0.860. The molecule has 7 heteroatoms. The lowest BCUT2D eigenvalue weighted by Crippen LogP contribution is -2.39. The molecule has 0 atom stereocenters. The summed E-state index contributed by atoms with van der Waals surface area (Å²) in [6.07, 6.45) is 2.33. The van der Waals surface area contributed by atoms with Gasteiger partial charge >= 0.3 is 0 Å². The second-order valence-electron chi connectivity index (χ2n) is 6.25. The molecule has 22 heavy (non-hydrogen) atoms. The molecule has 0 unspecified atom stereocenters. The lowest BCUT2D eigenvalue weighted by Gasteiger charge is -2.16. The number of rotatable bonds is 6. The van der Waals surface area contributed by atoms with Crippen molar-refractivity contribution in [3.8, 4) is 0 Å². The molecule has 0 radical (unpaired) electrons. The van der Waals surface area contributed by atoms with Gasteiger partial charge in [0.2, 0.25) is 5.89 Å². The molecule has 0 bridgehead atoms. The molecule has 0 amide bonds. The molecule has 0 aliphatic heterocycles. The Morgan fingerprint density at radius 2 is 1.86 bits per heavy atom. The van der Waals surface area contributed by atoms with E-state index in [1.165, 1.54) is 12.8 Å². The van der Waals surface area contributed by atoms with Gasteiger partial charge in [-0.15, -0.1) is 24.0 Å². The molecule has 1 aromatic heterocycles. The van der Waals surface area contributed by atoms with Crippen molar-refractivity contribution in [2.45, 2.75) is 59.4 Å². The molecule has 1 heterocycles. The van der Waals surface area contributed by atoms with Gasteiger partial charge in [-0.3, -0.25) is 4.99 Å². The van der Waals surface area contributed by atoms with Crippen LogP contribution in [0.4, 0.5) is 0 Å². The van der Waals surface area contributed by atoms with Crippen molar-refractivity contribution in [1.82, 2.24) is 20.8 Å². The molecule has 6 nitrogen and oxygen atoms in total. The zero-order valence-electron chi connectivity index (χ0n) is 14.6. The summed E-state index contributed by atoms with van der Waals surface area (Å²) in [5.74, 6) is 2.73. The van der Waals surface area contributed by atoms with E-state index in [0.717, 1.165) is 12.5 Å². The third-order valence-corrected chi connectivity index (χ3v) is 3.46. The maximum Gasteiger partial charge on any atom is 0.232 e. The van der Waals surface area contributed by atoms with Crippen molar-refractivity contribution in [3.63, 3.8) is 0 Å². The van der Waals surface area contributed by atoms with E-state index in [9.17, 15) is 0 Å². The summed E-state index contributed by atoms with van der Waals surface area (Å²) in [6, 6.07) is 0. The Morgan fingerprint density at radius 1 is 1.23 bits per heavy atom. The zero-order valence-corrected chi connectivity index (χ0v) is 16.9. The van der Waals surface area contributed by atoms with Crippen molar-refractivity contribution in [2.24, 2.45) is 10.9 Å². The van der Waals surface area contributed by atoms with Crippen molar-refractivity contribution < 1.29 is 4.52 Å². The van der Waals surface area contributed by atoms with Crippen molar-refractivity contribution in [2.75, 3.05) is 13.6 Å². The van der Waals surface area contributed by atoms with Crippen LogP contribution in [0.2, 0.25) is 0 Å². The van der Waals surface area contributed by atoms with E-state index in [2.05, 4.69) is 39.6 Å². The van der Waals surface area contributed by atoms with Gasteiger partial charge in [0.25, 0.3) is 0 Å². The average molecular weight is 423 g/mol. The minimum atomic E-state index is -0.124. The van der Waals surface area contributed by atoms with Gasteiger partial charge in [-0.25, -0.2) is 0 Å². The summed E-state index contributed by atoms with van der Waals surface area (Å²) in [4.78, 5) is 8.60. The van der Waals surface area contributed by atoms with Gasteiger partial charge in [-0.2, -0.15) is 4.98 Å². The number of aliphatic imine (C=N–C) groups is 1. The lowest BCUT2D eigenvalue weighted by atomic mass is 9.97. The SMILES string of the molecule is CCC(CC)CNC(=NC)NCc1noc(C(C)(C)C)n1.I. The number of hydrogen-bond donors (Lipinski definition) is 2. The summed E-state index contributed by atoms with van der Waals surface area (Å²) in [7, 11) is 1.76. The Bertz CT molecular complexity index is 449. The van der Waals surface area contributed by atoms with Crippen LogP contribution in [0.25, 0.3) is 0 Å². The van der Waals surface area contributed by atoms with Crippen LogP contribution in [0.3, 0.4) is 0 Å². The Morgan fingerprint density at radius 3 is 2.32 bits per heavy atom. The number of hydrogen-bond acceptors (Lipinski definition) is 4. The minimum absolute atomic E-state index is 0. The molecular weight excluding hydrogens is 393 g/mol. The molecule has 0 spiro atoms. The molecule has 1 aromatic rings. The van der Waals surface area contributed by atoms with E-state index < -0.39 is 0 Å². The number of guanidine groups is 1. The molecule has 0 fully saturated rings. The zero-order chi connectivity index (χ0) is 15.9. The highest BCUT2D eigenvalue weighted by Gasteiger charge is 2.21. The Labute approximate surface area is 150 Å². The topological polar surface area (TPSA) is 75.3 Å². The van der Waals surface area contributed by atoms with E-state index in [0.29, 0.717) is 24.2 Å². The van der Waals surface area contributed by atoms with Crippen LogP contribution in [0.1, 0.15) is 59.2 Å². The number of nitrogens with one attached hydrogen (secondary N) is 2. The van der Waals surface area contributed by atoms with Gasteiger partial charge in [0.05, 0.1) is 6.54 Å². The maximum absolute atomic E-state index is 5.27. The largest absolute Gasteiger partial charge is 0.356 e. The Balaban J connectivity index is 0.00000441. The molecule has 0 saturated carbocycles. The monoisotopic (exact) mass is 423 g/mol. The molecule has 0 aliphatic rings. The van der Waals surface area contributed by atoms with E-state index in [-0.39, 0.29) is 29.4 Å². The molecule has 2 N–H and O–H groups in total. The first kappa shape index (κ1) is 21.1. The van der Waals surface area contributed by atoms with Crippen LogP contribution in [0.5, 0.6) is 0 Å². The first-order valence-corrected chi connectivity index (χ1v) is 7.68. The van der Waals surface area contributed by atoms with Crippen LogP contribution in [0.15, 0.2) is 9.52 Å². The first-order chi connectivity index (χ1) is 9.90. The maximum atomic E-state index is 5.27. The lowest BCUT2D eigenvalue weighted by molar-refractivity contribution is 0.318. The summed E-state index contributed by atoms with van der Waals surface area (Å²) < 4.78 is 5.27. The van der Waals surface area contributed by atoms with E-state index in [4.69, 9.17) is 4.52 Å². The number of nitrogens with zero attached hydrogens (tertiary/aromatic N) is 3. The predicted octanol–water partition coefficient (Wildman–Crippen LogP) is 3.09. The first-order valence-electron chi connectivity index (χ1n) is 7.68. The summed E-state index contributed by atoms with van der Waals surface area (Å²) in [5, 5.41) is 10.5. The Kier molecular flexibility index (Phi) is 9.63. The molecule has 0 aromatic carbocycles. The average Bonchev–Trinajstić information content (AvgIpc) is 2.92. The summed E-state index contributed by atoms with van der Waals surface area (Å²) in [5.41, 5.74) is -0.124. The van der Waals surface area contributed by atoms with Crippen LogP contribution < -0.4 is 10.6 Å². The fourth-order valence-electron chi connectivity index (χ4n) is 1.83. The van der Waals surface area contributed by atoms with Crippen molar-refractivity contribution >= 4 is 29.9 Å². The quantitative estimate of drug-likeness (QED) is 0.418. The fraction of sp³-hybridized carbons (Fsp3) is 0.800. The number of aromatic nitrogens is 2. The molecule has 0 aliphatic carbocycles. The highest BCUT2D eigenvalue weighted by atomic mass is 127. The highest BCUT2D eigenvalue weighted by Crippen LogP contribution is 2.19. The van der Waals surface area contributed by atoms with Gasteiger partial charge in [0.1, 0.15) is 0 Å².